The molecule has 1 nitrogen and oxygen atoms in total. The van der Waals surface area contributed by atoms with E-state index in [1.54, 1.807) is 0 Å². The highest BCUT2D eigenvalue weighted by molar-refractivity contribution is 8.22. The van der Waals surface area contributed by atoms with Gasteiger partial charge in [-0.05, 0) is 28.6 Å². The molecule has 0 aliphatic heterocycles. The molecule has 8 heavy (non-hydrogen) atoms. The number of Topliss-reactive ketones (excluding diaryl/α,β-unsaturated/α-hetero) is 1. The third-order valence-electron chi connectivity index (χ3n) is 0.936. The summed E-state index contributed by atoms with van der Waals surface area (Å²) in [5.74, 6) is 0.213. The van der Waals surface area contributed by atoms with Crippen LogP contribution in [0.15, 0.2) is 0 Å². The largest absolute Gasteiger partial charge is 0.298 e. The van der Waals surface area contributed by atoms with Crippen molar-refractivity contribution >= 4 is 27.4 Å². The van der Waals surface area contributed by atoms with Crippen molar-refractivity contribution in [2.75, 3.05) is 0 Å². The summed E-state index contributed by atoms with van der Waals surface area (Å²) in [6.45, 7) is 3.65. The average molecular weight is 153 g/mol. The molecule has 3 heteroatoms. The molecule has 0 rings (SSSR count). The molecule has 0 bridgehead atoms. The van der Waals surface area contributed by atoms with Crippen LogP contribution in [0.4, 0.5) is 0 Å². The smallest absolute Gasteiger partial charge is 0.146 e. The van der Waals surface area contributed by atoms with Gasteiger partial charge in [-0.3, -0.25) is 4.79 Å². The van der Waals surface area contributed by atoms with Gasteiger partial charge in [-0.25, -0.2) is 0 Å². The Balaban J connectivity index is 3.46. The van der Waals surface area contributed by atoms with Crippen LogP contribution in [-0.4, -0.2) is 11.0 Å². The SMILES string of the molecule is CCC(=O)C(C)SCl. The lowest BCUT2D eigenvalue weighted by Gasteiger charge is -1.99. The van der Waals surface area contributed by atoms with Crippen LogP contribution in [-0.2, 0) is 4.79 Å². The molecule has 0 saturated heterocycles. The lowest BCUT2D eigenvalue weighted by molar-refractivity contribution is -0.117. The van der Waals surface area contributed by atoms with Crippen molar-refractivity contribution in [3.63, 3.8) is 0 Å². The molecule has 0 saturated carbocycles. The van der Waals surface area contributed by atoms with E-state index in [4.69, 9.17) is 10.7 Å². The first-order chi connectivity index (χ1) is 3.72. The van der Waals surface area contributed by atoms with Gasteiger partial charge < -0.3 is 0 Å². The molecule has 0 fully saturated rings. The molecular formula is C5H9ClOS. The van der Waals surface area contributed by atoms with E-state index in [1.807, 2.05) is 13.8 Å². The van der Waals surface area contributed by atoms with Crippen LogP contribution in [0, 0.1) is 0 Å². The van der Waals surface area contributed by atoms with Gasteiger partial charge in [0.05, 0.1) is 5.25 Å². The lowest BCUT2D eigenvalue weighted by atomic mass is 10.2. The zero-order chi connectivity index (χ0) is 6.57. The van der Waals surface area contributed by atoms with Gasteiger partial charge in [0.2, 0.25) is 0 Å². The van der Waals surface area contributed by atoms with Gasteiger partial charge in [0.25, 0.3) is 0 Å². The molecule has 0 N–H and O–H groups in total. The monoisotopic (exact) mass is 152 g/mol. The Kier molecular flexibility index (Phi) is 4.38. The van der Waals surface area contributed by atoms with E-state index in [2.05, 4.69) is 0 Å². The number of hydrogen-bond donors (Lipinski definition) is 0. The standard InChI is InChI=1S/C5H9ClOS/c1-3-5(7)4(2)8-6/h4H,3H2,1-2H3. The van der Waals surface area contributed by atoms with E-state index < -0.39 is 0 Å². The zero-order valence-electron chi connectivity index (χ0n) is 4.98. The molecule has 0 aromatic heterocycles. The summed E-state index contributed by atoms with van der Waals surface area (Å²) in [6, 6.07) is 0. The Morgan fingerprint density at radius 2 is 2.38 bits per heavy atom. The van der Waals surface area contributed by atoms with Gasteiger partial charge in [-0.1, -0.05) is 6.92 Å². The minimum atomic E-state index is -0.0401. The van der Waals surface area contributed by atoms with Gasteiger partial charge in [0.15, 0.2) is 0 Å². The fourth-order valence-electron chi connectivity index (χ4n) is 0.337. The van der Waals surface area contributed by atoms with Crippen molar-refractivity contribution in [3.8, 4) is 0 Å². The summed E-state index contributed by atoms with van der Waals surface area (Å²) in [6.07, 6.45) is 0.584. The summed E-state index contributed by atoms with van der Waals surface area (Å²) < 4.78 is 0. The van der Waals surface area contributed by atoms with E-state index in [0.717, 1.165) is 11.0 Å². The van der Waals surface area contributed by atoms with Gasteiger partial charge >= 0.3 is 0 Å². The summed E-state index contributed by atoms with van der Waals surface area (Å²) in [4.78, 5) is 10.6. The molecule has 0 amide bonds. The maximum Gasteiger partial charge on any atom is 0.146 e. The number of carbonyl (C=O) groups is 1. The van der Waals surface area contributed by atoms with Gasteiger partial charge in [0.1, 0.15) is 5.78 Å². The van der Waals surface area contributed by atoms with E-state index in [1.165, 1.54) is 0 Å². The van der Waals surface area contributed by atoms with Gasteiger partial charge in [-0.15, -0.1) is 0 Å². The van der Waals surface area contributed by atoms with E-state index in [-0.39, 0.29) is 11.0 Å². The summed E-state index contributed by atoms with van der Waals surface area (Å²) in [5.41, 5.74) is 0. The molecule has 0 aliphatic rings. The maximum absolute atomic E-state index is 10.6. The third kappa shape index (κ3) is 2.58. The second kappa shape index (κ2) is 4.21. The molecule has 1 unspecified atom stereocenters. The molecule has 0 radical (unpaired) electrons. The average Bonchev–Trinajstić information content (AvgIpc) is 1.84. The van der Waals surface area contributed by atoms with Gasteiger partial charge in [-0.2, -0.15) is 0 Å². The Labute approximate surface area is 58.3 Å². The second-order valence-electron chi connectivity index (χ2n) is 1.55. The van der Waals surface area contributed by atoms with Crippen LogP contribution < -0.4 is 0 Å². The first kappa shape index (κ1) is 8.31. The highest BCUT2D eigenvalue weighted by atomic mass is 35.7. The van der Waals surface area contributed by atoms with Crippen LogP contribution in [0.25, 0.3) is 0 Å². The Hall–Kier alpha value is 0.310. The highest BCUT2D eigenvalue weighted by Crippen LogP contribution is 2.16. The molecule has 0 aromatic carbocycles. The van der Waals surface area contributed by atoms with Gasteiger partial charge in [0, 0.05) is 6.42 Å². The van der Waals surface area contributed by atoms with Crippen molar-refractivity contribution in [1.29, 1.82) is 0 Å². The molecule has 0 aromatic rings. The zero-order valence-corrected chi connectivity index (χ0v) is 6.55. The predicted molar refractivity (Wildman–Crippen MR) is 38.2 cm³/mol. The third-order valence-corrected chi connectivity index (χ3v) is 2.27. The molecule has 1 atom stereocenters. The Morgan fingerprint density at radius 1 is 1.88 bits per heavy atom. The van der Waals surface area contributed by atoms with Crippen LogP contribution in [0.1, 0.15) is 20.3 Å². The Morgan fingerprint density at radius 3 is 2.50 bits per heavy atom. The van der Waals surface area contributed by atoms with Crippen molar-refractivity contribution in [2.24, 2.45) is 0 Å². The maximum atomic E-state index is 10.6. The number of hydrogen-bond acceptors (Lipinski definition) is 2. The van der Waals surface area contributed by atoms with Crippen LogP contribution in [0.2, 0.25) is 0 Å². The van der Waals surface area contributed by atoms with Crippen LogP contribution in [0.3, 0.4) is 0 Å². The molecular weight excluding hydrogens is 144 g/mol. The number of ketones is 1. The number of carbonyl (C=O) groups excluding carboxylic acids is 1. The highest BCUT2D eigenvalue weighted by Gasteiger charge is 2.08. The van der Waals surface area contributed by atoms with Crippen molar-refractivity contribution in [1.82, 2.24) is 0 Å². The van der Waals surface area contributed by atoms with E-state index >= 15 is 0 Å². The van der Waals surface area contributed by atoms with Crippen molar-refractivity contribution in [3.05, 3.63) is 0 Å². The number of rotatable bonds is 3. The van der Waals surface area contributed by atoms with Crippen molar-refractivity contribution in [2.45, 2.75) is 25.5 Å². The van der Waals surface area contributed by atoms with Crippen LogP contribution in [0.5, 0.6) is 0 Å². The fourth-order valence-corrected chi connectivity index (χ4v) is 0.901. The summed E-state index contributed by atoms with van der Waals surface area (Å²) in [7, 11) is 6.40. The minimum Gasteiger partial charge on any atom is -0.298 e. The molecule has 0 heterocycles. The molecule has 48 valence electrons. The minimum absolute atomic E-state index is 0.0401. The van der Waals surface area contributed by atoms with E-state index in [0.29, 0.717) is 6.42 Å². The first-order valence-electron chi connectivity index (χ1n) is 2.52. The number of halogens is 1. The normalized spacial score (nSPS) is 13.4. The summed E-state index contributed by atoms with van der Waals surface area (Å²) in [5, 5.41) is -0.0401. The summed E-state index contributed by atoms with van der Waals surface area (Å²) >= 11 is 0. The predicted octanol–water partition coefficient (Wildman–Crippen LogP) is 2.24. The Bertz CT molecular complexity index is 84.5. The quantitative estimate of drug-likeness (QED) is 0.617. The molecule has 0 aliphatic carbocycles. The van der Waals surface area contributed by atoms with E-state index in [9.17, 15) is 4.79 Å². The molecule has 0 spiro atoms. The first-order valence-corrected chi connectivity index (χ1v) is 4.23. The lowest BCUT2D eigenvalue weighted by Crippen LogP contribution is -2.09. The van der Waals surface area contributed by atoms with Crippen molar-refractivity contribution < 1.29 is 4.79 Å². The van der Waals surface area contributed by atoms with Crippen LogP contribution >= 0.6 is 21.7 Å². The topological polar surface area (TPSA) is 17.1 Å². The second-order valence-corrected chi connectivity index (χ2v) is 2.97. The fraction of sp³-hybridized carbons (Fsp3) is 0.800.